The monoisotopic (exact) mass is 423 g/mol. The summed E-state index contributed by atoms with van der Waals surface area (Å²) in [7, 11) is 0. The summed E-state index contributed by atoms with van der Waals surface area (Å²) in [4.78, 5) is 30.7. The zero-order valence-corrected chi connectivity index (χ0v) is 19.0. The zero-order chi connectivity index (χ0) is 21.8. The molecular weight excluding hydrogens is 394 g/mol. The molecule has 0 fully saturated rings. The lowest BCUT2D eigenvalue weighted by molar-refractivity contribution is -0.120. The van der Waals surface area contributed by atoms with Crippen LogP contribution in [-0.2, 0) is 4.79 Å². The number of benzene rings is 2. The molecule has 1 amide bonds. The third-order valence-electron chi connectivity index (χ3n) is 4.88. The topological polar surface area (TPSA) is 64.0 Å². The number of carbonyl (C=O) groups is 1. The Labute approximate surface area is 181 Å². The zero-order valence-electron chi connectivity index (χ0n) is 18.2. The van der Waals surface area contributed by atoms with Crippen LogP contribution in [-0.4, -0.2) is 27.3 Å². The van der Waals surface area contributed by atoms with Gasteiger partial charge in [-0.2, -0.15) is 0 Å². The second kappa shape index (κ2) is 9.47. The van der Waals surface area contributed by atoms with Crippen LogP contribution in [0.1, 0.15) is 38.3 Å². The molecule has 0 aliphatic carbocycles. The second-order valence-electron chi connectivity index (χ2n) is 8.13. The van der Waals surface area contributed by atoms with E-state index in [4.69, 9.17) is 4.98 Å². The molecule has 1 aromatic heterocycles. The van der Waals surface area contributed by atoms with E-state index >= 15 is 0 Å². The number of fused-ring (bicyclic) bond motifs is 1. The predicted octanol–water partition coefficient (Wildman–Crippen LogP) is 4.65. The molecule has 2 aromatic carbocycles. The molecule has 0 spiro atoms. The van der Waals surface area contributed by atoms with E-state index in [1.807, 2.05) is 51.1 Å². The first-order chi connectivity index (χ1) is 14.3. The van der Waals surface area contributed by atoms with Gasteiger partial charge in [0, 0.05) is 6.54 Å². The molecule has 30 heavy (non-hydrogen) atoms. The van der Waals surface area contributed by atoms with Crippen molar-refractivity contribution >= 4 is 28.6 Å². The van der Waals surface area contributed by atoms with Crippen molar-refractivity contribution in [3.63, 3.8) is 0 Å². The van der Waals surface area contributed by atoms with Crippen molar-refractivity contribution < 1.29 is 4.79 Å². The summed E-state index contributed by atoms with van der Waals surface area (Å²) in [6.45, 7) is 10.8. The van der Waals surface area contributed by atoms with E-state index in [2.05, 4.69) is 25.2 Å². The lowest BCUT2D eigenvalue weighted by Gasteiger charge is -2.17. The predicted molar refractivity (Wildman–Crippen MR) is 125 cm³/mol. The largest absolute Gasteiger partial charge is 0.355 e. The van der Waals surface area contributed by atoms with Crippen LogP contribution in [0.5, 0.6) is 0 Å². The van der Waals surface area contributed by atoms with Crippen LogP contribution in [0.15, 0.2) is 52.4 Å². The number of thioether (sulfide) groups is 1. The fourth-order valence-corrected chi connectivity index (χ4v) is 4.29. The van der Waals surface area contributed by atoms with Crippen LogP contribution in [0.25, 0.3) is 16.6 Å². The highest BCUT2D eigenvalue weighted by atomic mass is 32.2. The molecule has 0 aliphatic heterocycles. The molecule has 1 unspecified atom stereocenters. The van der Waals surface area contributed by atoms with Crippen molar-refractivity contribution in [2.45, 2.75) is 51.4 Å². The summed E-state index contributed by atoms with van der Waals surface area (Å²) in [6.07, 6.45) is 0.935. The maximum atomic E-state index is 13.4. The summed E-state index contributed by atoms with van der Waals surface area (Å²) >= 11 is 1.31. The van der Waals surface area contributed by atoms with Crippen LogP contribution < -0.4 is 10.9 Å². The van der Waals surface area contributed by atoms with E-state index in [1.54, 1.807) is 10.6 Å². The molecule has 0 saturated carbocycles. The van der Waals surface area contributed by atoms with Gasteiger partial charge in [-0.1, -0.05) is 43.8 Å². The number of nitrogens with one attached hydrogen (secondary N) is 1. The van der Waals surface area contributed by atoms with Crippen molar-refractivity contribution in [2.24, 2.45) is 5.92 Å². The van der Waals surface area contributed by atoms with E-state index in [0.29, 0.717) is 28.5 Å². The third-order valence-corrected chi connectivity index (χ3v) is 5.93. The van der Waals surface area contributed by atoms with Gasteiger partial charge in [-0.3, -0.25) is 14.2 Å². The number of hydrogen-bond acceptors (Lipinski definition) is 4. The molecule has 0 radical (unpaired) electrons. The van der Waals surface area contributed by atoms with Crippen LogP contribution >= 0.6 is 11.8 Å². The molecule has 1 heterocycles. The number of rotatable bonds is 7. The smallest absolute Gasteiger partial charge is 0.266 e. The van der Waals surface area contributed by atoms with Gasteiger partial charge in [0.25, 0.3) is 5.56 Å². The van der Waals surface area contributed by atoms with Gasteiger partial charge >= 0.3 is 0 Å². The minimum absolute atomic E-state index is 0.0463. The fourth-order valence-electron chi connectivity index (χ4n) is 3.34. The average Bonchev–Trinajstić information content (AvgIpc) is 2.67. The Kier molecular flexibility index (Phi) is 6.98. The number of carbonyl (C=O) groups excluding carboxylic acids is 1. The fraction of sp³-hybridized carbons (Fsp3) is 0.375. The van der Waals surface area contributed by atoms with Crippen molar-refractivity contribution in [3.05, 3.63) is 63.9 Å². The molecule has 158 valence electrons. The van der Waals surface area contributed by atoms with Crippen molar-refractivity contribution in [1.82, 2.24) is 14.9 Å². The van der Waals surface area contributed by atoms with Gasteiger partial charge in [0.1, 0.15) is 0 Å². The van der Waals surface area contributed by atoms with Gasteiger partial charge in [0.15, 0.2) is 5.16 Å². The minimum atomic E-state index is -0.373. The Bertz CT molecular complexity index is 1100. The van der Waals surface area contributed by atoms with Crippen molar-refractivity contribution in [1.29, 1.82) is 0 Å². The Morgan fingerprint density at radius 1 is 1.10 bits per heavy atom. The van der Waals surface area contributed by atoms with Crippen molar-refractivity contribution in [3.8, 4) is 5.69 Å². The van der Waals surface area contributed by atoms with E-state index in [-0.39, 0.29) is 16.7 Å². The molecule has 3 aromatic rings. The number of aryl methyl sites for hydroxylation is 2. The standard InChI is InChI=1S/C24H29N3O2S/c1-15(2)10-11-25-22(28)18(5)30-24-26-21-9-7-6-8-20(21)23(29)27(24)19-13-16(3)12-17(4)14-19/h6-9,12-15,18H,10-11H2,1-5H3,(H,25,28). The third kappa shape index (κ3) is 5.11. The van der Waals surface area contributed by atoms with Gasteiger partial charge < -0.3 is 5.32 Å². The molecule has 1 atom stereocenters. The van der Waals surface area contributed by atoms with Gasteiger partial charge in [-0.05, 0) is 68.5 Å². The summed E-state index contributed by atoms with van der Waals surface area (Å²) < 4.78 is 1.63. The number of nitrogens with zero attached hydrogens (tertiary/aromatic N) is 2. The molecule has 0 bridgehead atoms. The van der Waals surface area contributed by atoms with Crippen LogP contribution in [0.4, 0.5) is 0 Å². The maximum Gasteiger partial charge on any atom is 0.266 e. The van der Waals surface area contributed by atoms with E-state index < -0.39 is 0 Å². The van der Waals surface area contributed by atoms with E-state index in [1.165, 1.54) is 11.8 Å². The minimum Gasteiger partial charge on any atom is -0.355 e. The summed E-state index contributed by atoms with van der Waals surface area (Å²) in [5.74, 6) is 0.486. The Morgan fingerprint density at radius 3 is 2.43 bits per heavy atom. The highest BCUT2D eigenvalue weighted by Gasteiger charge is 2.20. The summed E-state index contributed by atoms with van der Waals surface area (Å²) in [5, 5.41) is 3.70. The molecule has 6 heteroatoms. The number of hydrogen-bond donors (Lipinski definition) is 1. The Balaban J connectivity index is 2.02. The van der Waals surface area contributed by atoms with Gasteiger partial charge in [-0.25, -0.2) is 4.98 Å². The Hall–Kier alpha value is -2.60. The van der Waals surface area contributed by atoms with Crippen LogP contribution in [0.2, 0.25) is 0 Å². The number of aromatic nitrogens is 2. The summed E-state index contributed by atoms with van der Waals surface area (Å²) in [5.41, 5.74) is 3.42. The average molecular weight is 424 g/mol. The number of amides is 1. The number of para-hydroxylation sites is 1. The Morgan fingerprint density at radius 2 is 1.77 bits per heavy atom. The SMILES string of the molecule is Cc1cc(C)cc(-n2c(SC(C)C(=O)NCCC(C)C)nc3ccccc3c2=O)c1. The molecule has 5 nitrogen and oxygen atoms in total. The highest BCUT2D eigenvalue weighted by Crippen LogP contribution is 2.26. The first-order valence-corrected chi connectivity index (χ1v) is 11.2. The van der Waals surface area contributed by atoms with E-state index in [9.17, 15) is 9.59 Å². The normalized spacial score (nSPS) is 12.3. The molecule has 3 rings (SSSR count). The van der Waals surface area contributed by atoms with E-state index in [0.717, 1.165) is 23.2 Å². The highest BCUT2D eigenvalue weighted by molar-refractivity contribution is 8.00. The lowest BCUT2D eigenvalue weighted by atomic mass is 10.1. The maximum absolute atomic E-state index is 13.4. The van der Waals surface area contributed by atoms with Gasteiger partial charge in [0.05, 0.1) is 21.8 Å². The summed E-state index contributed by atoms with van der Waals surface area (Å²) in [6, 6.07) is 13.4. The molecular formula is C24H29N3O2S. The van der Waals surface area contributed by atoms with Crippen LogP contribution in [0, 0.1) is 19.8 Å². The molecule has 0 saturated heterocycles. The van der Waals surface area contributed by atoms with Crippen LogP contribution in [0.3, 0.4) is 0 Å². The van der Waals surface area contributed by atoms with Gasteiger partial charge in [0.2, 0.25) is 5.91 Å². The molecule has 1 N–H and O–H groups in total. The second-order valence-corrected chi connectivity index (χ2v) is 9.44. The lowest BCUT2D eigenvalue weighted by Crippen LogP contribution is -2.33. The quantitative estimate of drug-likeness (QED) is 0.444. The van der Waals surface area contributed by atoms with Gasteiger partial charge in [-0.15, -0.1) is 0 Å². The van der Waals surface area contributed by atoms with Crippen molar-refractivity contribution in [2.75, 3.05) is 6.54 Å². The first kappa shape index (κ1) is 22.1. The molecule has 0 aliphatic rings. The first-order valence-electron chi connectivity index (χ1n) is 10.3.